The van der Waals surface area contributed by atoms with E-state index in [9.17, 15) is 4.79 Å². The molecule has 1 aliphatic heterocycles. The first kappa shape index (κ1) is 18.0. The van der Waals surface area contributed by atoms with Gasteiger partial charge >= 0.3 is 0 Å². The summed E-state index contributed by atoms with van der Waals surface area (Å²) in [7, 11) is 3.16. The van der Waals surface area contributed by atoms with Gasteiger partial charge < -0.3 is 18.9 Å². The molecule has 144 valence electrons. The highest BCUT2D eigenvalue weighted by Crippen LogP contribution is 2.35. The lowest BCUT2D eigenvalue weighted by atomic mass is 10.1. The normalized spacial score (nSPS) is 16.4. The van der Waals surface area contributed by atoms with Crippen molar-refractivity contribution in [2.45, 2.75) is 25.4 Å². The number of rotatable bonds is 6. The van der Waals surface area contributed by atoms with Crippen molar-refractivity contribution in [1.29, 1.82) is 0 Å². The van der Waals surface area contributed by atoms with E-state index in [4.69, 9.17) is 14.0 Å². The van der Waals surface area contributed by atoms with E-state index in [1.807, 2.05) is 36.4 Å². The molecule has 7 nitrogen and oxygen atoms in total. The van der Waals surface area contributed by atoms with Gasteiger partial charge in [0, 0.05) is 18.5 Å². The first-order valence-electron chi connectivity index (χ1n) is 9.09. The molecule has 1 atom stereocenters. The summed E-state index contributed by atoms with van der Waals surface area (Å²) in [4.78, 5) is 18.8. The molecule has 2 aromatic carbocycles. The maximum absolute atomic E-state index is 12.4. The standard InChI is InChI=1S/C21H21N3O4/c1-26-17-10-8-15(12-18(17)27-2)20-22-21(28-23-20)16-9-11-19(25)24(16)13-14-6-4-3-5-7-14/h3-8,10,12,16H,9,11,13H2,1-2H3. The number of nitrogens with zero attached hydrogens (tertiary/aromatic N) is 3. The molecule has 0 radical (unpaired) electrons. The quantitative estimate of drug-likeness (QED) is 0.651. The van der Waals surface area contributed by atoms with E-state index in [0.29, 0.717) is 42.6 Å². The van der Waals surface area contributed by atoms with Gasteiger partial charge in [0.2, 0.25) is 17.6 Å². The average Bonchev–Trinajstić information content (AvgIpc) is 3.36. The van der Waals surface area contributed by atoms with Crippen LogP contribution in [0.3, 0.4) is 0 Å². The largest absolute Gasteiger partial charge is 0.493 e. The number of amides is 1. The lowest BCUT2D eigenvalue weighted by Crippen LogP contribution is -2.27. The minimum absolute atomic E-state index is 0.0970. The van der Waals surface area contributed by atoms with E-state index >= 15 is 0 Å². The van der Waals surface area contributed by atoms with Crippen molar-refractivity contribution in [2.75, 3.05) is 14.2 Å². The Balaban J connectivity index is 1.59. The molecule has 1 fully saturated rings. The lowest BCUT2D eigenvalue weighted by Gasteiger charge is -2.22. The van der Waals surface area contributed by atoms with E-state index in [1.54, 1.807) is 31.3 Å². The van der Waals surface area contributed by atoms with Crippen LogP contribution in [0.25, 0.3) is 11.4 Å². The number of hydrogen-bond donors (Lipinski definition) is 0. The Labute approximate surface area is 162 Å². The van der Waals surface area contributed by atoms with Crippen LogP contribution >= 0.6 is 0 Å². The Hall–Kier alpha value is -3.35. The van der Waals surface area contributed by atoms with Crippen LogP contribution in [-0.2, 0) is 11.3 Å². The highest BCUT2D eigenvalue weighted by atomic mass is 16.5. The summed E-state index contributed by atoms with van der Waals surface area (Å²) in [6.07, 6.45) is 1.14. The van der Waals surface area contributed by atoms with Crippen LogP contribution in [0, 0.1) is 0 Å². The third-order valence-corrected chi connectivity index (χ3v) is 4.89. The minimum atomic E-state index is -0.214. The number of carbonyl (C=O) groups excluding carboxylic acids is 1. The van der Waals surface area contributed by atoms with Gasteiger partial charge in [-0.25, -0.2) is 0 Å². The predicted molar refractivity (Wildman–Crippen MR) is 102 cm³/mol. The molecule has 7 heteroatoms. The van der Waals surface area contributed by atoms with Gasteiger partial charge in [-0.1, -0.05) is 35.5 Å². The molecule has 28 heavy (non-hydrogen) atoms. The topological polar surface area (TPSA) is 77.7 Å². The van der Waals surface area contributed by atoms with Crippen LogP contribution in [0.2, 0.25) is 0 Å². The number of aromatic nitrogens is 2. The molecule has 0 aliphatic carbocycles. The van der Waals surface area contributed by atoms with Crippen molar-refractivity contribution in [3.8, 4) is 22.9 Å². The maximum Gasteiger partial charge on any atom is 0.249 e. The van der Waals surface area contributed by atoms with Crippen LogP contribution in [0.1, 0.15) is 30.3 Å². The maximum atomic E-state index is 12.4. The van der Waals surface area contributed by atoms with Gasteiger partial charge in [-0.15, -0.1) is 0 Å². The van der Waals surface area contributed by atoms with Crippen LogP contribution in [0.15, 0.2) is 53.1 Å². The second-order valence-electron chi connectivity index (χ2n) is 6.59. The number of benzene rings is 2. The number of methoxy groups -OCH3 is 2. The highest BCUT2D eigenvalue weighted by Gasteiger charge is 2.36. The third-order valence-electron chi connectivity index (χ3n) is 4.89. The molecule has 1 saturated heterocycles. The van der Waals surface area contributed by atoms with Crippen molar-refractivity contribution in [1.82, 2.24) is 15.0 Å². The Bertz CT molecular complexity index is 971. The monoisotopic (exact) mass is 379 g/mol. The zero-order valence-electron chi connectivity index (χ0n) is 15.8. The van der Waals surface area contributed by atoms with Crippen molar-refractivity contribution >= 4 is 5.91 Å². The van der Waals surface area contributed by atoms with E-state index in [1.165, 1.54) is 0 Å². The zero-order valence-corrected chi connectivity index (χ0v) is 15.8. The molecular weight excluding hydrogens is 358 g/mol. The Morgan fingerprint density at radius 3 is 2.64 bits per heavy atom. The van der Waals surface area contributed by atoms with Crippen LogP contribution in [0.4, 0.5) is 0 Å². The molecule has 0 bridgehead atoms. The molecule has 4 rings (SSSR count). The van der Waals surface area contributed by atoms with E-state index in [-0.39, 0.29) is 11.9 Å². The molecule has 0 N–H and O–H groups in total. The van der Waals surface area contributed by atoms with E-state index in [0.717, 1.165) is 11.1 Å². The third kappa shape index (κ3) is 3.43. The summed E-state index contributed by atoms with van der Waals surface area (Å²) in [6, 6.07) is 15.1. The predicted octanol–water partition coefficient (Wildman–Crippen LogP) is 3.62. The smallest absolute Gasteiger partial charge is 0.249 e. The number of hydrogen-bond acceptors (Lipinski definition) is 6. The summed E-state index contributed by atoms with van der Waals surface area (Å²) < 4.78 is 16.1. The van der Waals surface area contributed by atoms with Gasteiger partial charge in [0.15, 0.2) is 11.5 Å². The first-order chi connectivity index (χ1) is 13.7. The summed E-state index contributed by atoms with van der Waals surface area (Å²) in [6.45, 7) is 0.526. The summed E-state index contributed by atoms with van der Waals surface area (Å²) >= 11 is 0. The van der Waals surface area contributed by atoms with Gasteiger partial charge in [-0.05, 0) is 30.2 Å². The van der Waals surface area contributed by atoms with Gasteiger partial charge in [-0.2, -0.15) is 4.98 Å². The molecule has 3 aromatic rings. The highest BCUT2D eigenvalue weighted by molar-refractivity contribution is 5.78. The Morgan fingerprint density at radius 2 is 1.89 bits per heavy atom. The number of carbonyl (C=O) groups is 1. The van der Waals surface area contributed by atoms with Crippen LogP contribution in [-0.4, -0.2) is 35.2 Å². The average molecular weight is 379 g/mol. The number of ether oxygens (including phenoxy) is 2. The minimum Gasteiger partial charge on any atom is -0.493 e. The summed E-state index contributed by atoms with van der Waals surface area (Å²) in [5.74, 6) is 2.22. The van der Waals surface area contributed by atoms with Gasteiger partial charge in [0.1, 0.15) is 6.04 Å². The molecule has 1 aliphatic rings. The number of likely N-dealkylation sites (tertiary alicyclic amines) is 1. The Morgan fingerprint density at radius 1 is 1.11 bits per heavy atom. The van der Waals surface area contributed by atoms with Crippen LogP contribution in [0.5, 0.6) is 11.5 Å². The van der Waals surface area contributed by atoms with E-state index < -0.39 is 0 Å². The fourth-order valence-corrected chi connectivity index (χ4v) is 3.43. The first-order valence-corrected chi connectivity index (χ1v) is 9.09. The molecular formula is C21H21N3O4. The summed E-state index contributed by atoms with van der Waals surface area (Å²) in [5.41, 5.74) is 1.83. The van der Waals surface area contributed by atoms with Crippen LogP contribution < -0.4 is 9.47 Å². The second-order valence-corrected chi connectivity index (χ2v) is 6.59. The molecule has 1 aromatic heterocycles. The zero-order chi connectivity index (χ0) is 19.5. The van der Waals surface area contributed by atoms with Gasteiger partial charge in [0.05, 0.1) is 14.2 Å². The van der Waals surface area contributed by atoms with Crippen molar-refractivity contribution < 1.29 is 18.8 Å². The van der Waals surface area contributed by atoms with Crippen molar-refractivity contribution in [3.63, 3.8) is 0 Å². The molecule has 1 amide bonds. The van der Waals surface area contributed by atoms with Crippen molar-refractivity contribution in [3.05, 3.63) is 60.0 Å². The Kier molecular flexibility index (Phi) is 4.97. The fraction of sp³-hybridized carbons (Fsp3) is 0.286. The fourth-order valence-electron chi connectivity index (χ4n) is 3.43. The van der Waals surface area contributed by atoms with E-state index in [2.05, 4.69) is 10.1 Å². The molecule has 0 saturated carbocycles. The lowest BCUT2D eigenvalue weighted by molar-refractivity contribution is -0.129. The van der Waals surface area contributed by atoms with Gasteiger partial charge in [0.25, 0.3) is 0 Å². The SMILES string of the molecule is COc1ccc(-c2noc(C3CCC(=O)N3Cc3ccccc3)n2)cc1OC. The second kappa shape index (κ2) is 7.72. The van der Waals surface area contributed by atoms with Gasteiger partial charge in [-0.3, -0.25) is 4.79 Å². The van der Waals surface area contributed by atoms with Crippen molar-refractivity contribution in [2.24, 2.45) is 0 Å². The molecule has 1 unspecified atom stereocenters. The molecule has 2 heterocycles. The summed E-state index contributed by atoms with van der Waals surface area (Å²) in [5, 5.41) is 4.11. The molecule has 0 spiro atoms.